The van der Waals surface area contributed by atoms with Gasteiger partial charge in [-0.05, 0) is 43.3 Å². The van der Waals surface area contributed by atoms with Crippen LogP contribution < -0.4 is 10.6 Å². The number of benzene rings is 2. The van der Waals surface area contributed by atoms with Gasteiger partial charge in [-0.15, -0.1) is 0 Å². The van der Waals surface area contributed by atoms with E-state index in [0.717, 1.165) is 22.2 Å². The van der Waals surface area contributed by atoms with Crippen LogP contribution in [0.2, 0.25) is 0 Å². The molecule has 9 nitrogen and oxygen atoms in total. The first-order chi connectivity index (χ1) is 16.9. The zero-order valence-corrected chi connectivity index (χ0v) is 19.5. The summed E-state index contributed by atoms with van der Waals surface area (Å²) in [5.74, 6) is -0.606. The minimum Gasteiger partial charge on any atom is -0.322 e. The molecule has 0 bridgehead atoms. The lowest BCUT2D eigenvalue weighted by Crippen LogP contribution is -2.15. The summed E-state index contributed by atoms with van der Waals surface area (Å²) in [6.45, 7) is 1.91. The number of rotatable bonds is 5. The average molecular weight is 466 g/mol. The molecule has 35 heavy (non-hydrogen) atoms. The molecule has 0 atom stereocenters. The monoisotopic (exact) mass is 465 g/mol. The van der Waals surface area contributed by atoms with Crippen LogP contribution in [-0.4, -0.2) is 36.4 Å². The van der Waals surface area contributed by atoms with E-state index >= 15 is 0 Å². The van der Waals surface area contributed by atoms with Gasteiger partial charge >= 0.3 is 0 Å². The number of hydrogen-bond donors (Lipinski definition) is 2. The van der Waals surface area contributed by atoms with Crippen LogP contribution >= 0.6 is 0 Å². The Labute approximate surface area is 201 Å². The third-order valence-electron chi connectivity index (χ3n) is 5.57. The molecule has 2 amide bonds. The molecule has 2 aromatic carbocycles. The Bertz CT molecular complexity index is 1580. The molecule has 5 rings (SSSR count). The highest BCUT2D eigenvalue weighted by atomic mass is 16.2. The van der Waals surface area contributed by atoms with Gasteiger partial charge in [-0.1, -0.05) is 24.3 Å². The fourth-order valence-corrected chi connectivity index (χ4v) is 3.96. The normalized spacial score (nSPS) is 10.9. The van der Waals surface area contributed by atoms with Crippen molar-refractivity contribution in [2.24, 2.45) is 14.1 Å². The zero-order chi connectivity index (χ0) is 24.5. The number of carbonyl (C=O) groups is 2. The van der Waals surface area contributed by atoms with E-state index in [1.807, 2.05) is 44.4 Å². The number of anilines is 2. The minimum absolute atomic E-state index is 0.278. The van der Waals surface area contributed by atoms with Gasteiger partial charge in [0.2, 0.25) is 0 Å². The van der Waals surface area contributed by atoms with E-state index in [9.17, 15) is 9.59 Å². The summed E-state index contributed by atoms with van der Waals surface area (Å²) in [5.41, 5.74) is 4.99. The molecule has 3 aromatic heterocycles. The van der Waals surface area contributed by atoms with E-state index in [0.29, 0.717) is 28.3 Å². The van der Waals surface area contributed by atoms with Gasteiger partial charge in [0.25, 0.3) is 11.8 Å². The topological polar surface area (TPSA) is 107 Å². The highest BCUT2D eigenvalue weighted by Crippen LogP contribution is 2.27. The number of pyridine rings is 1. The van der Waals surface area contributed by atoms with Gasteiger partial charge in [-0.2, -0.15) is 10.2 Å². The number of aromatic nitrogens is 5. The molecule has 3 heterocycles. The van der Waals surface area contributed by atoms with E-state index in [-0.39, 0.29) is 11.8 Å². The molecule has 5 aromatic rings. The molecule has 174 valence electrons. The fraction of sp³-hybridized carbons (Fsp3) is 0.115. The van der Waals surface area contributed by atoms with Crippen LogP contribution in [0.3, 0.4) is 0 Å². The minimum atomic E-state index is -0.328. The van der Waals surface area contributed by atoms with Gasteiger partial charge < -0.3 is 10.6 Å². The van der Waals surface area contributed by atoms with Gasteiger partial charge in [-0.25, -0.2) is 4.98 Å². The first-order valence-electron chi connectivity index (χ1n) is 11.0. The predicted molar refractivity (Wildman–Crippen MR) is 134 cm³/mol. The Morgan fingerprint density at radius 2 is 1.57 bits per heavy atom. The zero-order valence-electron chi connectivity index (χ0n) is 19.5. The highest BCUT2D eigenvalue weighted by Gasteiger charge is 2.17. The van der Waals surface area contributed by atoms with Gasteiger partial charge in [0.15, 0.2) is 5.69 Å². The lowest BCUT2D eigenvalue weighted by atomic mass is 10.0. The lowest BCUT2D eigenvalue weighted by Gasteiger charge is -2.11. The molecule has 2 N–H and O–H groups in total. The van der Waals surface area contributed by atoms with Crippen LogP contribution in [0.1, 0.15) is 26.5 Å². The van der Waals surface area contributed by atoms with E-state index in [4.69, 9.17) is 4.98 Å². The van der Waals surface area contributed by atoms with Gasteiger partial charge in [-0.3, -0.25) is 19.0 Å². The molecular formula is C26H23N7O2. The molecule has 0 saturated carbocycles. The number of fused-ring (bicyclic) bond motifs is 1. The summed E-state index contributed by atoms with van der Waals surface area (Å²) in [4.78, 5) is 30.6. The number of para-hydroxylation sites is 1. The van der Waals surface area contributed by atoms with Crippen LogP contribution in [0.15, 0.2) is 73.1 Å². The maximum atomic E-state index is 13.4. The third kappa shape index (κ3) is 4.51. The van der Waals surface area contributed by atoms with Crippen LogP contribution in [0.5, 0.6) is 0 Å². The smallest absolute Gasteiger partial charge is 0.276 e. The number of hydrogen-bond acceptors (Lipinski definition) is 5. The first kappa shape index (κ1) is 22.0. The molecule has 0 radical (unpaired) electrons. The Morgan fingerprint density at radius 1 is 0.829 bits per heavy atom. The molecule has 0 spiro atoms. The molecule has 0 saturated heterocycles. The molecule has 0 aliphatic heterocycles. The van der Waals surface area contributed by atoms with E-state index in [1.165, 1.54) is 0 Å². The second-order valence-corrected chi connectivity index (χ2v) is 8.24. The van der Waals surface area contributed by atoms with Crippen molar-refractivity contribution in [3.8, 4) is 11.3 Å². The van der Waals surface area contributed by atoms with Crippen LogP contribution in [0.4, 0.5) is 11.4 Å². The largest absolute Gasteiger partial charge is 0.322 e. The van der Waals surface area contributed by atoms with Crippen molar-refractivity contribution in [2.75, 3.05) is 10.6 Å². The lowest BCUT2D eigenvalue weighted by molar-refractivity contribution is 0.101. The predicted octanol–water partition coefficient (Wildman–Crippen LogP) is 4.18. The first-order valence-corrected chi connectivity index (χ1v) is 11.0. The van der Waals surface area contributed by atoms with Crippen molar-refractivity contribution in [3.05, 3.63) is 90.0 Å². The molecule has 0 fully saturated rings. The Balaban J connectivity index is 1.44. The summed E-state index contributed by atoms with van der Waals surface area (Å²) < 4.78 is 3.29. The average Bonchev–Trinajstić information content (AvgIpc) is 3.43. The maximum Gasteiger partial charge on any atom is 0.276 e. The van der Waals surface area contributed by atoms with Crippen molar-refractivity contribution in [1.82, 2.24) is 24.5 Å². The highest BCUT2D eigenvalue weighted by molar-refractivity contribution is 6.13. The standard InChI is InChI=1S/C26H23N7O2/c1-16-21(15-33(3)30-16)24-14-20(19-9-4-5-10-22(19)29-24)25(34)27-17-7-6-8-18(13-17)28-26(35)23-11-12-32(2)31-23/h4-15H,1-3H3,(H,27,34)(H,28,35). The van der Waals surface area contributed by atoms with Crippen molar-refractivity contribution in [2.45, 2.75) is 6.92 Å². The Kier molecular flexibility index (Phi) is 5.58. The number of aryl methyl sites for hydroxylation is 3. The summed E-state index contributed by atoms with van der Waals surface area (Å²) in [6, 6.07) is 17.9. The van der Waals surface area contributed by atoms with Crippen molar-refractivity contribution in [3.63, 3.8) is 0 Å². The van der Waals surface area contributed by atoms with Crippen molar-refractivity contribution < 1.29 is 9.59 Å². The van der Waals surface area contributed by atoms with Crippen molar-refractivity contribution in [1.29, 1.82) is 0 Å². The number of carbonyl (C=O) groups excluding carboxylic acids is 2. The van der Waals surface area contributed by atoms with E-state index in [1.54, 1.807) is 59.0 Å². The van der Waals surface area contributed by atoms with Gasteiger partial charge in [0, 0.05) is 48.8 Å². The van der Waals surface area contributed by atoms with E-state index in [2.05, 4.69) is 20.8 Å². The van der Waals surface area contributed by atoms with E-state index < -0.39 is 0 Å². The summed E-state index contributed by atoms with van der Waals surface area (Å²) in [5, 5.41) is 15.0. The SMILES string of the molecule is Cc1nn(C)cc1-c1cc(C(=O)Nc2cccc(NC(=O)c3ccn(C)n3)c2)c2ccccc2n1. The summed E-state index contributed by atoms with van der Waals surface area (Å²) in [6.07, 6.45) is 3.59. The van der Waals surface area contributed by atoms with Crippen LogP contribution in [-0.2, 0) is 14.1 Å². The number of nitrogens with zero attached hydrogens (tertiary/aromatic N) is 5. The third-order valence-corrected chi connectivity index (χ3v) is 5.57. The Hall–Kier alpha value is -4.79. The molecule has 0 aliphatic rings. The van der Waals surface area contributed by atoms with Gasteiger partial charge in [0.1, 0.15) is 0 Å². The second-order valence-electron chi connectivity index (χ2n) is 8.24. The molecule has 0 unspecified atom stereocenters. The molecule has 9 heteroatoms. The van der Waals surface area contributed by atoms with Crippen LogP contribution in [0, 0.1) is 6.92 Å². The van der Waals surface area contributed by atoms with Crippen molar-refractivity contribution >= 4 is 34.1 Å². The summed E-state index contributed by atoms with van der Waals surface area (Å²) in [7, 11) is 3.60. The van der Waals surface area contributed by atoms with Gasteiger partial charge in [0.05, 0.1) is 22.5 Å². The number of nitrogens with one attached hydrogen (secondary N) is 2. The maximum absolute atomic E-state index is 13.4. The summed E-state index contributed by atoms with van der Waals surface area (Å²) >= 11 is 0. The number of amides is 2. The fourth-order valence-electron chi connectivity index (χ4n) is 3.96. The molecular weight excluding hydrogens is 442 g/mol. The second kappa shape index (κ2) is 8.86. The molecule has 0 aliphatic carbocycles. The quantitative estimate of drug-likeness (QED) is 0.405. The Morgan fingerprint density at radius 3 is 2.26 bits per heavy atom. The van der Waals surface area contributed by atoms with Crippen LogP contribution in [0.25, 0.3) is 22.2 Å².